The average molecular weight is 301 g/mol. The minimum Gasteiger partial charge on any atom is -0.360 e. The van der Waals surface area contributed by atoms with Gasteiger partial charge in [0, 0.05) is 46.9 Å². The van der Waals surface area contributed by atoms with Crippen LogP contribution >= 0.6 is 0 Å². The van der Waals surface area contributed by atoms with Gasteiger partial charge in [0.05, 0.1) is 5.69 Å². The Hall–Kier alpha value is -3.21. The smallest absolute Gasteiger partial charge is 0.227 e. The molecule has 4 aromatic rings. The van der Waals surface area contributed by atoms with Crippen molar-refractivity contribution >= 4 is 22.5 Å². The number of pyridine rings is 1. The van der Waals surface area contributed by atoms with Crippen molar-refractivity contribution in [3.63, 3.8) is 0 Å². The van der Waals surface area contributed by atoms with Crippen molar-refractivity contribution in [1.29, 1.82) is 0 Å². The van der Waals surface area contributed by atoms with Crippen molar-refractivity contribution in [2.24, 2.45) is 0 Å². The van der Waals surface area contributed by atoms with Crippen LogP contribution in [-0.2, 0) is 0 Å². The number of hydrogen-bond acceptors (Lipinski definition) is 4. The molecule has 0 amide bonds. The standard InChI is InChI=1S/C18H15N5/c1-12-3-2-4-13(9-12)22-18-20-8-6-17(23-18)15-11-21-16-5-7-19-10-14(15)16/h2-11,21H,1H3,(H,20,22,23). The van der Waals surface area contributed by atoms with E-state index in [1.54, 1.807) is 12.4 Å². The van der Waals surface area contributed by atoms with Gasteiger partial charge in [-0.15, -0.1) is 0 Å². The van der Waals surface area contributed by atoms with E-state index in [1.807, 2.05) is 36.7 Å². The van der Waals surface area contributed by atoms with Crippen molar-refractivity contribution in [3.05, 3.63) is 66.7 Å². The molecule has 3 aromatic heterocycles. The zero-order chi connectivity index (χ0) is 15.6. The van der Waals surface area contributed by atoms with Gasteiger partial charge in [-0.3, -0.25) is 4.98 Å². The van der Waals surface area contributed by atoms with Gasteiger partial charge in [0.25, 0.3) is 0 Å². The topological polar surface area (TPSA) is 66.5 Å². The van der Waals surface area contributed by atoms with Crippen LogP contribution in [0, 0.1) is 6.92 Å². The molecule has 0 spiro atoms. The fourth-order valence-corrected chi connectivity index (χ4v) is 2.60. The summed E-state index contributed by atoms with van der Waals surface area (Å²) in [5, 5.41) is 4.30. The van der Waals surface area contributed by atoms with E-state index >= 15 is 0 Å². The van der Waals surface area contributed by atoms with E-state index in [4.69, 9.17) is 0 Å². The Balaban J connectivity index is 1.71. The third kappa shape index (κ3) is 2.64. The highest BCUT2D eigenvalue weighted by atomic mass is 15.1. The molecule has 4 rings (SSSR count). The van der Waals surface area contributed by atoms with Crippen molar-refractivity contribution in [3.8, 4) is 11.3 Å². The van der Waals surface area contributed by atoms with E-state index in [-0.39, 0.29) is 0 Å². The normalized spacial score (nSPS) is 10.8. The van der Waals surface area contributed by atoms with E-state index in [1.165, 1.54) is 5.56 Å². The third-order valence-electron chi connectivity index (χ3n) is 3.69. The van der Waals surface area contributed by atoms with Gasteiger partial charge in [0.2, 0.25) is 5.95 Å². The molecular weight excluding hydrogens is 286 g/mol. The maximum atomic E-state index is 4.62. The van der Waals surface area contributed by atoms with E-state index in [9.17, 15) is 0 Å². The molecule has 0 aliphatic carbocycles. The summed E-state index contributed by atoms with van der Waals surface area (Å²) in [6, 6.07) is 12.0. The Kier molecular flexibility index (Phi) is 3.24. The summed E-state index contributed by atoms with van der Waals surface area (Å²) in [7, 11) is 0. The monoisotopic (exact) mass is 301 g/mol. The van der Waals surface area contributed by atoms with Crippen LogP contribution in [0.1, 0.15) is 5.56 Å². The summed E-state index contributed by atoms with van der Waals surface area (Å²) >= 11 is 0. The Bertz CT molecular complexity index is 974. The fourth-order valence-electron chi connectivity index (χ4n) is 2.60. The predicted molar refractivity (Wildman–Crippen MR) is 91.6 cm³/mol. The lowest BCUT2D eigenvalue weighted by atomic mass is 10.1. The molecule has 3 heterocycles. The number of nitrogens with one attached hydrogen (secondary N) is 2. The highest BCUT2D eigenvalue weighted by molar-refractivity contribution is 5.93. The van der Waals surface area contributed by atoms with Crippen molar-refractivity contribution in [2.45, 2.75) is 6.92 Å². The van der Waals surface area contributed by atoms with Crippen LogP contribution in [0.5, 0.6) is 0 Å². The van der Waals surface area contributed by atoms with Crippen LogP contribution < -0.4 is 5.32 Å². The van der Waals surface area contributed by atoms with Gasteiger partial charge in [-0.1, -0.05) is 12.1 Å². The minimum atomic E-state index is 0.575. The predicted octanol–water partition coefficient (Wildman–Crippen LogP) is 4.07. The first kappa shape index (κ1) is 13.5. The Morgan fingerprint density at radius 2 is 2.04 bits per heavy atom. The zero-order valence-corrected chi connectivity index (χ0v) is 12.6. The molecule has 0 unspecified atom stereocenters. The maximum absolute atomic E-state index is 4.62. The summed E-state index contributed by atoms with van der Waals surface area (Å²) in [5.74, 6) is 0.575. The van der Waals surface area contributed by atoms with Gasteiger partial charge < -0.3 is 10.3 Å². The van der Waals surface area contributed by atoms with Gasteiger partial charge in [-0.25, -0.2) is 9.97 Å². The van der Waals surface area contributed by atoms with Crippen LogP contribution in [0.25, 0.3) is 22.2 Å². The molecule has 112 valence electrons. The molecule has 0 aliphatic heterocycles. The number of anilines is 2. The number of benzene rings is 1. The van der Waals surface area contributed by atoms with Crippen molar-refractivity contribution < 1.29 is 0 Å². The average Bonchev–Trinajstić information content (AvgIpc) is 2.99. The Labute approximate surface area is 133 Å². The minimum absolute atomic E-state index is 0.575. The molecule has 0 saturated heterocycles. The first-order chi connectivity index (χ1) is 11.3. The molecule has 23 heavy (non-hydrogen) atoms. The Morgan fingerprint density at radius 1 is 1.09 bits per heavy atom. The quantitative estimate of drug-likeness (QED) is 0.598. The number of hydrogen-bond donors (Lipinski definition) is 2. The lowest BCUT2D eigenvalue weighted by Gasteiger charge is -2.06. The number of rotatable bonds is 3. The summed E-state index contributed by atoms with van der Waals surface area (Å²) in [4.78, 5) is 16.4. The number of H-pyrrole nitrogens is 1. The second kappa shape index (κ2) is 5.53. The molecule has 0 atom stereocenters. The van der Waals surface area contributed by atoms with Gasteiger partial charge in [-0.2, -0.15) is 0 Å². The molecule has 5 nitrogen and oxygen atoms in total. The van der Waals surface area contributed by atoms with Gasteiger partial charge >= 0.3 is 0 Å². The SMILES string of the molecule is Cc1cccc(Nc2nccc(-c3c[nH]c4ccncc34)n2)c1. The molecule has 2 N–H and O–H groups in total. The van der Waals surface area contributed by atoms with Crippen LogP contribution in [-0.4, -0.2) is 19.9 Å². The van der Waals surface area contributed by atoms with Crippen LogP contribution in [0.4, 0.5) is 11.6 Å². The number of aryl methyl sites for hydroxylation is 1. The highest BCUT2D eigenvalue weighted by Crippen LogP contribution is 2.27. The van der Waals surface area contributed by atoms with E-state index < -0.39 is 0 Å². The molecule has 0 radical (unpaired) electrons. The maximum Gasteiger partial charge on any atom is 0.227 e. The summed E-state index contributed by atoms with van der Waals surface area (Å²) in [5.41, 5.74) is 5.08. The first-order valence-corrected chi connectivity index (χ1v) is 7.38. The molecule has 0 bridgehead atoms. The summed E-state index contributed by atoms with van der Waals surface area (Å²) in [6.45, 7) is 2.06. The van der Waals surface area contributed by atoms with E-state index in [2.05, 4.69) is 44.3 Å². The van der Waals surface area contributed by atoms with Crippen molar-refractivity contribution in [1.82, 2.24) is 19.9 Å². The lowest BCUT2D eigenvalue weighted by Crippen LogP contribution is -1.97. The number of aromatic nitrogens is 4. The zero-order valence-electron chi connectivity index (χ0n) is 12.6. The van der Waals surface area contributed by atoms with Crippen LogP contribution in [0.3, 0.4) is 0 Å². The van der Waals surface area contributed by atoms with Crippen molar-refractivity contribution in [2.75, 3.05) is 5.32 Å². The van der Waals surface area contributed by atoms with Gasteiger partial charge in [0.15, 0.2) is 0 Å². The highest BCUT2D eigenvalue weighted by Gasteiger charge is 2.08. The molecule has 0 aliphatic rings. The fraction of sp³-hybridized carbons (Fsp3) is 0.0556. The molecule has 5 heteroatoms. The van der Waals surface area contributed by atoms with Crippen LogP contribution in [0.15, 0.2) is 61.2 Å². The van der Waals surface area contributed by atoms with Crippen LogP contribution in [0.2, 0.25) is 0 Å². The summed E-state index contributed by atoms with van der Waals surface area (Å²) in [6.07, 6.45) is 7.32. The number of nitrogens with zero attached hydrogens (tertiary/aromatic N) is 3. The van der Waals surface area contributed by atoms with Gasteiger partial charge in [0.1, 0.15) is 0 Å². The number of aromatic amines is 1. The Morgan fingerprint density at radius 3 is 2.96 bits per heavy atom. The molecular formula is C18H15N5. The van der Waals surface area contributed by atoms with E-state index in [0.717, 1.165) is 27.8 Å². The second-order valence-corrected chi connectivity index (χ2v) is 5.38. The van der Waals surface area contributed by atoms with Gasteiger partial charge in [-0.05, 0) is 36.8 Å². The first-order valence-electron chi connectivity index (χ1n) is 7.38. The second-order valence-electron chi connectivity index (χ2n) is 5.38. The summed E-state index contributed by atoms with van der Waals surface area (Å²) < 4.78 is 0. The molecule has 1 aromatic carbocycles. The number of fused-ring (bicyclic) bond motifs is 1. The third-order valence-corrected chi connectivity index (χ3v) is 3.69. The lowest BCUT2D eigenvalue weighted by molar-refractivity contribution is 1.17. The largest absolute Gasteiger partial charge is 0.360 e. The molecule has 0 saturated carbocycles. The molecule has 0 fully saturated rings. The van der Waals surface area contributed by atoms with E-state index in [0.29, 0.717) is 5.95 Å².